The zero-order chi connectivity index (χ0) is 12.1. The maximum atomic E-state index is 11.7. The van der Waals surface area contributed by atoms with Crippen LogP contribution in [0.5, 0.6) is 0 Å². The summed E-state index contributed by atoms with van der Waals surface area (Å²) < 4.78 is 0. The van der Waals surface area contributed by atoms with Gasteiger partial charge in [-0.15, -0.1) is 0 Å². The molecule has 0 fully saturated rings. The lowest BCUT2D eigenvalue weighted by molar-refractivity contribution is -0.115. The summed E-state index contributed by atoms with van der Waals surface area (Å²) in [6.45, 7) is 8.24. The van der Waals surface area contributed by atoms with Crippen molar-refractivity contribution < 1.29 is 4.79 Å². The number of hydrogen-bond donors (Lipinski definition) is 0. The van der Waals surface area contributed by atoms with E-state index in [9.17, 15) is 4.79 Å². The molecular formula is C15H22O. The van der Waals surface area contributed by atoms with E-state index in [0.717, 1.165) is 18.4 Å². The summed E-state index contributed by atoms with van der Waals surface area (Å²) in [6, 6.07) is 0. The third-order valence-electron chi connectivity index (χ3n) is 2.96. The average molecular weight is 218 g/mol. The molecule has 0 unspecified atom stereocenters. The predicted octanol–water partition coefficient (Wildman–Crippen LogP) is 4.21. The fourth-order valence-electron chi connectivity index (χ4n) is 1.97. The lowest BCUT2D eigenvalue weighted by Crippen LogP contribution is -2.07. The van der Waals surface area contributed by atoms with E-state index in [1.807, 2.05) is 13.8 Å². The van der Waals surface area contributed by atoms with Crippen LogP contribution in [0.15, 0.2) is 34.9 Å². The summed E-state index contributed by atoms with van der Waals surface area (Å²) in [7, 11) is 0. The number of ketones is 1. The maximum Gasteiger partial charge on any atom is 0.156 e. The summed E-state index contributed by atoms with van der Waals surface area (Å²) in [5, 5.41) is 0. The van der Waals surface area contributed by atoms with Crippen LogP contribution < -0.4 is 0 Å². The van der Waals surface area contributed by atoms with Crippen LogP contribution in [0.1, 0.15) is 47.0 Å². The van der Waals surface area contributed by atoms with Crippen LogP contribution in [0.25, 0.3) is 0 Å². The van der Waals surface area contributed by atoms with E-state index in [4.69, 9.17) is 0 Å². The lowest BCUT2D eigenvalue weighted by atomic mass is 9.88. The Labute approximate surface area is 98.9 Å². The van der Waals surface area contributed by atoms with Gasteiger partial charge in [-0.05, 0) is 45.6 Å². The van der Waals surface area contributed by atoms with Gasteiger partial charge in [-0.2, -0.15) is 0 Å². The minimum absolute atomic E-state index is 0.250. The first kappa shape index (κ1) is 13.0. The molecule has 0 N–H and O–H groups in total. The first-order chi connectivity index (χ1) is 7.49. The predicted molar refractivity (Wildman–Crippen MR) is 69.3 cm³/mol. The Morgan fingerprint density at radius 1 is 1.38 bits per heavy atom. The largest absolute Gasteiger partial charge is 0.295 e. The van der Waals surface area contributed by atoms with Gasteiger partial charge in [0.25, 0.3) is 0 Å². The number of allylic oxidation sites excluding steroid dienone is 6. The molecule has 1 heteroatoms. The van der Waals surface area contributed by atoms with Crippen LogP contribution in [-0.4, -0.2) is 5.78 Å². The Morgan fingerprint density at radius 2 is 2.06 bits per heavy atom. The van der Waals surface area contributed by atoms with E-state index in [1.165, 1.54) is 11.1 Å². The van der Waals surface area contributed by atoms with Crippen molar-refractivity contribution in [3.63, 3.8) is 0 Å². The third-order valence-corrected chi connectivity index (χ3v) is 2.96. The van der Waals surface area contributed by atoms with Gasteiger partial charge in [-0.25, -0.2) is 0 Å². The quantitative estimate of drug-likeness (QED) is 0.510. The van der Waals surface area contributed by atoms with E-state index < -0.39 is 0 Å². The van der Waals surface area contributed by atoms with Gasteiger partial charge >= 0.3 is 0 Å². The summed E-state index contributed by atoms with van der Waals surface area (Å²) in [5.41, 5.74) is 3.94. The molecule has 0 amide bonds. The molecular weight excluding hydrogens is 196 g/mol. The highest BCUT2D eigenvalue weighted by atomic mass is 16.1. The van der Waals surface area contributed by atoms with Crippen LogP contribution in [0.4, 0.5) is 0 Å². The van der Waals surface area contributed by atoms with E-state index >= 15 is 0 Å². The van der Waals surface area contributed by atoms with Gasteiger partial charge < -0.3 is 0 Å². The van der Waals surface area contributed by atoms with E-state index in [-0.39, 0.29) is 5.78 Å². The first-order valence-corrected chi connectivity index (χ1v) is 6.01. The number of carbonyl (C=O) groups is 1. The lowest BCUT2D eigenvalue weighted by Gasteiger charge is -2.17. The van der Waals surface area contributed by atoms with Crippen molar-refractivity contribution in [2.45, 2.75) is 47.0 Å². The van der Waals surface area contributed by atoms with Gasteiger partial charge in [0.05, 0.1) is 0 Å². The highest BCUT2D eigenvalue weighted by Gasteiger charge is 2.13. The van der Waals surface area contributed by atoms with Gasteiger partial charge in [0, 0.05) is 6.42 Å². The smallest absolute Gasteiger partial charge is 0.156 e. The molecule has 88 valence electrons. The molecule has 0 aromatic rings. The Kier molecular flexibility index (Phi) is 4.72. The van der Waals surface area contributed by atoms with Gasteiger partial charge in [-0.1, -0.05) is 35.8 Å². The molecule has 0 bridgehead atoms. The zero-order valence-corrected chi connectivity index (χ0v) is 10.8. The summed E-state index contributed by atoms with van der Waals surface area (Å²) in [4.78, 5) is 11.7. The standard InChI is InChI=1S/C15H22O/c1-11(2)9-15(16)10-13(4)14-7-5-12(3)6-8-14/h5,8-9,13H,6-7,10H2,1-4H3/t13-/m1/s1. The van der Waals surface area contributed by atoms with E-state index in [1.54, 1.807) is 6.08 Å². The molecule has 0 heterocycles. The number of rotatable bonds is 4. The Balaban J connectivity index is 2.51. The second kappa shape index (κ2) is 5.83. The van der Waals surface area contributed by atoms with E-state index in [0.29, 0.717) is 12.3 Å². The van der Waals surface area contributed by atoms with Crippen molar-refractivity contribution in [1.82, 2.24) is 0 Å². The van der Waals surface area contributed by atoms with Crippen molar-refractivity contribution >= 4 is 5.78 Å². The van der Waals surface area contributed by atoms with Crippen LogP contribution in [0.2, 0.25) is 0 Å². The van der Waals surface area contributed by atoms with E-state index in [2.05, 4.69) is 26.0 Å². The molecule has 1 aliphatic rings. The molecule has 0 saturated heterocycles. The second-order valence-electron chi connectivity index (χ2n) is 5.03. The van der Waals surface area contributed by atoms with Gasteiger partial charge in [-0.3, -0.25) is 4.79 Å². The minimum atomic E-state index is 0.250. The maximum absolute atomic E-state index is 11.7. The summed E-state index contributed by atoms with van der Waals surface area (Å²) >= 11 is 0. The van der Waals surface area contributed by atoms with Crippen molar-refractivity contribution in [3.8, 4) is 0 Å². The van der Waals surface area contributed by atoms with Gasteiger partial charge in [0.1, 0.15) is 0 Å². The van der Waals surface area contributed by atoms with Gasteiger partial charge in [0.2, 0.25) is 0 Å². The molecule has 0 aromatic carbocycles. The fraction of sp³-hybridized carbons (Fsp3) is 0.533. The molecule has 1 atom stereocenters. The fourth-order valence-corrected chi connectivity index (χ4v) is 1.97. The molecule has 0 saturated carbocycles. The zero-order valence-electron chi connectivity index (χ0n) is 10.8. The average Bonchev–Trinajstić information content (AvgIpc) is 2.16. The SMILES string of the molecule is CC(C)=CC(=O)C[C@@H](C)C1=CCC(C)=CC1. The molecule has 0 aromatic heterocycles. The van der Waals surface area contributed by atoms with Crippen LogP contribution in [0, 0.1) is 5.92 Å². The van der Waals surface area contributed by atoms with Crippen molar-refractivity contribution in [1.29, 1.82) is 0 Å². The molecule has 16 heavy (non-hydrogen) atoms. The topological polar surface area (TPSA) is 17.1 Å². The molecule has 1 aliphatic carbocycles. The number of hydrogen-bond acceptors (Lipinski definition) is 1. The monoisotopic (exact) mass is 218 g/mol. The molecule has 1 nitrogen and oxygen atoms in total. The van der Waals surface area contributed by atoms with Crippen molar-refractivity contribution in [2.24, 2.45) is 5.92 Å². The Bertz CT molecular complexity index is 352. The summed E-state index contributed by atoms with van der Waals surface area (Å²) in [6.07, 6.45) is 9.03. The van der Waals surface area contributed by atoms with Crippen LogP contribution in [-0.2, 0) is 4.79 Å². The van der Waals surface area contributed by atoms with Crippen molar-refractivity contribution in [3.05, 3.63) is 34.9 Å². The molecule has 0 radical (unpaired) electrons. The number of carbonyl (C=O) groups excluding carboxylic acids is 1. The van der Waals surface area contributed by atoms with Gasteiger partial charge in [0.15, 0.2) is 5.78 Å². The second-order valence-corrected chi connectivity index (χ2v) is 5.03. The molecule has 0 aliphatic heterocycles. The third kappa shape index (κ3) is 4.18. The Morgan fingerprint density at radius 3 is 2.56 bits per heavy atom. The minimum Gasteiger partial charge on any atom is -0.295 e. The van der Waals surface area contributed by atoms with Crippen LogP contribution >= 0.6 is 0 Å². The first-order valence-electron chi connectivity index (χ1n) is 6.01. The molecule has 1 rings (SSSR count). The highest BCUT2D eigenvalue weighted by molar-refractivity contribution is 5.90. The Hall–Kier alpha value is -1.11. The summed E-state index contributed by atoms with van der Waals surface area (Å²) in [5.74, 6) is 0.632. The van der Waals surface area contributed by atoms with Crippen molar-refractivity contribution in [2.75, 3.05) is 0 Å². The van der Waals surface area contributed by atoms with Crippen LogP contribution in [0.3, 0.4) is 0 Å². The normalized spacial score (nSPS) is 17.2. The highest BCUT2D eigenvalue weighted by Crippen LogP contribution is 2.25. The molecule has 0 spiro atoms.